The van der Waals surface area contributed by atoms with Gasteiger partial charge in [-0.3, -0.25) is 4.99 Å². The second kappa shape index (κ2) is 2.94. The Kier molecular flexibility index (Phi) is 1.78. The van der Waals surface area contributed by atoms with Crippen LogP contribution in [0, 0.1) is 6.92 Å². The van der Waals surface area contributed by atoms with Crippen molar-refractivity contribution in [3.63, 3.8) is 0 Å². The summed E-state index contributed by atoms with van der Waals surface area (Å²) in [5.41, 5.74) is 3.96. The summed E-state index contributed by atoms with van der Waals surface area (Å²) in [7, 11) is 0. The molecule has 2 rings (SSSR count). The molecule has 1 heteroatoms. The minimum Gasteiger partial charge on any atom is -0.269 e. The van der Waals surface area contributed by atoms with Gasteiger partial charge >= 0.3 is 0 Å². The zero-order valence-corrected chi connectivity index (χ0v) is 7.12. The van der Waals surface area contributed by atoms with Crippen LogP contribution in [0.5, 0.6) is 0 Å². The summed E-state index contributed by atoms with van der Waals surface area (Å²) in [6.45, 7) is 2.11. The number of aliphatic imine (C=N–C) groups is 1. The summed E-state index contributed by atoms with van der Waals surface area (Å²) >= 11 is 0. The Hall–Kier alpha value is -1.37. The molecule has 0 N–H and O–H groups in total. The molecule has 12 heavy (non-hydrogen) atoms. The first-order valence-corrected chi connectivity index (χ1v) is 4.14. The fraction of sp³-hybridized carbons (Fsp3) is 0.182. The molecule has 1 heterocycles. The summed E-state index contributed by atoms with van der Waals surface area (Å²) in [6, 6.07) is 6.51. The van der Waals surface area contributed by atoms with Crippen molar-refractivity contribution in [3.05, 3.63) is 41.1 Å². The van der Waals surface area contributed by atoms with Crippen LogP contribution in [-0.4, -0.2) is 6.21 Å². The van der Waals surface area contributed by atoms with Gasteiger partial charge in [-0.15, -0.1) is 0 Å². The Morgan fingerprint density at radius 1 is 1.33 bits per heavy atom. The highest BCUT2D eigenvalue weighted by Gasteiger charge is 1.99. The van der Waals surface area contributed by atoms with Gasteiger partial charge in [0.25, 0.3) is 0 Å². The van der Waals surface area contributed by atoms with Crippen LogP contribution in [0.4, 0.5) is 0 Å². The predicted octanol–water partition coefficient (Wildman–Crippen LogP) is 2.59. The Morgan fingerprint density at radius 2 is 2.25 bits per heavy atom. The molecule has 0 spiro atoms. The van der Waals surface area contributed by atoms with Gasteiger partial charge in [0.1, 0.15) is 0 Å². The zero-order valence-electron chi connectivity index (χ0n) is 7.12. The first kappa shape index (κ1) is 7.29. The minimum absolute atomic E-state index is 0.947. The average molecular weight is 157 g/mol. The number of benzene rings is 1. The average Bonchev–Trinajstić information content (AvgIpc) is 2.28. The van der Waals surface area contributed by atoms with Gasteiger partial charge in [-0.05, 0) is 24.1 Å². The highest BCUT2D eigenvalue weighted by Crippen LogP contribution is 2.15. The highest BCUT2D eigenvalue weighted by molar-refractivity contribution is 5.70. The first-order chi connectivity index (χ1) is 5.86. The Morgan fingerprint density at radius 3 is 3.17 bits per heavy atom. The standard InChI is InChI=1S/C11H11N/c1-9-2-3-10-4-6-12-7-5-11(10)8-9/h2-3,5-8H,4H2,1H3. The van der Waals surface area contributed by atoms with E-state index in [1.54, 1.807) is 0 Å². The van der Waals surface area contributed by atoms with E-state index in [4.69, 9.17) is 0 Å². The maximum Gasteiger partial charge on any atom is 0.0270 e. The number of rotatable bonds is 0. The molecule has 0 saturated carbocycles. The Labute approximate surface area is 72.5 Å². The first-order valence-electron chi connectivity index (χ1n) is 4.14. The number of hydrogen-bond donors (Lipinski definition) is 0. The molecule has 0 atom stereocenters. The molecule has 1 aromatic rings. The molecule has 1 nitrogen and oxygen atoms in total. The van der Waals surface area contributed by atoms with Crippen LogP contribution in [0.2, 0.25) is 0 Å². The molecule has 1 aliphatic heterocycles. The second-order valence-corrected chi connectivity index (χ2v) is 3.05. The molecule has 0 saturated heterocycles. The smallest absolute Gasteiger partial charge is 0.0270 e. The summed E-state index contributed by atoms with van der Waals surface area (Å²) in [6.07, 6.45) is 6.80. The lowest BCUT2D eigenvalue weighted by Crippen LogP contribution is -1.89. The van der Waals surface area contributed by atoms with E-state index in [1.807, 2.05) is 12.4 Å². The molecule has 0 aromatic heterocycles. The number of hydrogen-bond acceptors (Lipinski definition) is 1. The molecule has 1 aromatic carbocycles. The zero-order chi connectivity index (χ0) is 8.39. The second-order valence-electron chi connectivity index (χ2n) is 3.05. The molecule has 1 aliphatic rings. The van der Waals surface area contributed by atoms with Crippen LogP contribution < -0.4 is 0 Å². The molecule has 0 radical (unpaired) electrons. The third kappa shape index (κ3) is 1.30. The summed E-state index contributed by atoms with van der Waals surface area (Å²) in [4.78, 5) is 4.11. The lowest BCUT2D eigenvalue weighted by atomic mass is 10.0. The number of aryl methyl sites for hydroxylation is 1. The van der Waals surface area contributed by atoms with Gasteiger partial charge in [-0.25, -0.2) is 0 Å². The van der Waals surface area contributed by atoms with E-state index in [9.17, 15) is 0 Å². The number of fused-ring (bicyclic) bond motifs is 1. The van der Waals surface area contributed by atoms with Crippen molar-refractivity contribution in [1.29, 1.82) is 0 Å². The lowest BCUT2D eigenvalue weighted by molar-refractivity contribution is 1.32. The summed E-state index contributed by atoms with van der Waals surface area (Å²) in [5.74, 6) is 0. The molecular formula is C11H11N. The van der Waals surface area contributed by atoms with Gasteiger partial charge in [0.2, 0.25) is 0 Å². The maximum atomic E-state index is 4.11. The SMILES string of the molecule is Cc1ccc2c(c1)C=CN=CC2. The van der Waals surface area contributed by atoms with E-state index in [0.29, 0.717) is 0 Å². The highest BCUT2D eigenvalue weighted by atomic mass is 14.7. The van der Waals surface area contributed by atoms with Crippen LogP contribution in [0.15, 0.2) is 29.4 Å². The van der Waals surface area contributed by atoms with Crippen LogP contribution >= 0.6 is 0 Å². The van der Waals surface area contributed by atoms with Gasteiger partial charge in [0, 0.05) is 18.8 Å². The van der Waals surface area contributed by atoms with Crippen LogP contribution in [-0.2, 0) is 6.42 Å². The van der Waals surface area contributed by atoms with Gasteiger partial charge in [-0.2, -0.15) is 0 Å². The quantitative estimate of drug-likeness (QED) is 0.549. The Bertz CT molecular complexity index is 348. The molecule has 60 valence electrons. The molecule has 0 aliphatic carbocycles. The fourth-order valence-electron chi connectivity index (χ4n) is 1.39. The van der Waals surface area contributed by atoms with Crippen molar-refractivity contribution >= 4 is 12.3 Å². The van der Waals surface area contributed by atoms with Gasteiger partial charge < -0.3 is 0 Å². The topological polar surface area (TPSA) is 12.4 Å². The molecular weight excluding hydrogens is 146 g/mol. The van der Waals surface area contributed by atoms with Crippen molar-refractivity contribution in [2.75, 3.05) is 0 Å². The van der Waals surface area contributed by atoms with E-state index in [-0.39, 0.29) is 0 Å². The number of nitrogens with zero attached hydrogens (tertiary/aromatic N) is 1. The molecule has 0 bridgehead atoms. The normalized spacial score (nSPS) is 14.1. The van der Waals surface area contributed by atoms with E-state index in [1.165, 1.54) is 16.7 Å². The monoisotopic (exact) mass is 157 g/mol. The van der Waals surface area contributed by atoms with Crippen molar-refractivity contribution in [2.24, 2.45) is 4.99 Å². The Balaban J connectivity index is 2.53. The lowest BCUT2D eigenvalue weighted by Gasteiger charge is -2.02. The third-order valence-electron chi connectivity index (χ3n) is 2.06. The van der Waals surface area contributed by atoms with Gasteiger partial charge in [0.15, 0.2) is 0 Å². The third-order valence-corrected chi connectivity index (χ3v) is 2.06. The van der Waals surface area contributed by atoms with Crippen molar-refractivity contribution < 1.29 is 0 Å². The van der Waals surface area contributed by atoms with E-state index >= 15 is 0 Å². The van der Waals surface area contributed by atoms with Crippen LogP contribution in [0.25, 0.3) is 6.08 Å². The molecule has 0 amide bonds. The summed E-state index contributed by atoms with van der Waals surface area (Å²) < 4.78 is 0. The van der Waals surface area contributed by atoms with Crippen molar-refractivity contribution in [1.82, 2.24) is 0 Å². The molecule has 0 fully saturated rings. The maximum absolute atomic E-state index is 4.11. The van der Waals surface area contributed by atoms with E-state index < -0.39 is 0 Å². The fourth-order valence-corrected chi connectivity index (χ4v) is 1.39. The van der Waals surface area contributed by atoms with Gasteiger partial charge in [0.05, 0.1) is 0 Å². The van der Waals surface area contributed by atoms with Crippen molar-refractivity contribution in [2.45, 2.75) is 13.3 Å². The molecule has 0 unspecified atom stereocenters. The largest absolute Gasteiger partial charge is 0.269 e. The minimum atomic E-state index is 0.947. The van der Waals surface area contributed by atoms with Gasteiger partial charge in [-0.1, -0.05) is 23.8 Å². The van der Waals surface area contributed by atoms with E-state index in [0.717, 1.165) is 6.42 Å². The summed E-state index contributed by atoms with van der Waals surface area (Å²) in [5, 5.41) is 0. The van der Waals surface area contributed by atoms with Crippen molar-refractivity contribution in [3.8, 4) is 0 Å². The van der Waals surface area contributed by atoms with Crippen LogP contribution in [0.1, 0.15) is 16.7 Å². The van der Waals surface area contributed by atoms with Crippen LogP contribution in [0.3, 0.4) is 0 Å². The van der Waals surface area contributed by atoms with E-state index in [2.05, 4.69) is 36.2 Å². The predicted molar refractivity (Wildman–Crippen MR) is 52.4 cm³/mol.